The molecule has 0 amide bonds. The van der Waals surface area contributed by atoms with E-state index in [0.717, 1.165) is 20.8 Å². The molecule has 0 aliphatic heterocycles. The Morgan fingerprint density at radius 3 is 2.89 bits per heavy atom. The van der Waals surface area contributed by atoms with Crippen molar-refractivity contribution in [3.05, 3.63) is 50.1 Å². The second-order valence-corrected chi connectivity index (χ2v) is 6.62. The van der Waals surface area contributed by atoms with Gasteiger partial charge in [-0.1, -0.05) is 13.8 Å². The third-order valence-corrected chi connectivity index (χ3v) is 5.06. The fraction of sp³-hybridized carbons (Fsp3) is 0.286. The lowest BCUT2D eigenvalue weighted by molar-refractivity contribution is 0.741. The molecule has 0 N–H and O–H groups in total. The molecule has 19 heavy (non-hydrogen) atoms. The molecule has 0 saturated heterocycles. The zero-order valence-electron chi connectivity index (χ0n) is 10.8. The van der Waals surface area contributed by atoms with Crippen LogP contribution in [-0.2, 0) is 6.54 Å². The Balaban J connectivity index is 1.96. The van der Waals surface area contributed by atoms with E-state index in [1.807, 2.05) is 29.1 Å². The van der Waals surface area contributed by atoms with Crippen molar-refractivity contribution >= 4 is 32.8 Å². The van der Waals surface area contributed by atoms with E-state index in [-0.39, 0.29) is 5.56 Å². The van der Waals surface area contributed by atoms with Gasteiger partial charge in [-0.3, -0.25) is 4.79 Å². The molecule has 0 unspecified atom stereocenters. The maximum absolute atomic E-state index is 12.3. The predicted octanol–water partition coefficient (Wildman–Crippen LogP) is 3.69. The van der Waals surface area contributed by atoms with Gasteiger partial charge >= 0.3 is 0 Å². The van der Waals surface area contributed by atoms with Crippen LogP contribution < -0.4 is 5.56 Å². The van der Waals surface area contributed by atoms with Crippen molar-refractivity contribution in [3.63, 3.8) is 0 Å². The van der Waals surface area contributed by atoms with Crippen molar-refractivity contribution in [2.24, 2.45) is 0 Å². The lowest BCUT2D eigenvalue weighted by Gasteiger charge is -2.03. The summed E-state index contributed by atoms with van der Waals surface area (Å²) < 4.78 is 2.77. The predicted molar refractivity (Wildman–Crippen MR) is 81.4 cm³/mol. The van der Waals surface area contributed by atoms with Gasteiger partial charge in [0.1, 0.15) is 0 Å². The summed E-state index contributed by atoms with van der Waals surface area (Å²) in [5.41, 5.74) is 1.03. The molecule has 0 aliphatic carbocycles. The van der Waals surface area contributed by atoms with Gasteiger partial charge in [-0.15, -0.1) is 22.7 Å². The topological polar surface area (TPSA) is 34.9 Å². The van der Waals surface area contributed by atoms with E-state index >= 15 is 0 Å². The molecule has 98 valence electrons. The molecular formula is C14H14N2OS2. The van der Waals surface area contributed by atoms with Crippen LogP contribution in [0.1, 0.15) is 30.5 Å². The minimum absolute atomic E-state index is 0.0675. The fourth-order valence-electron chi connectivity index (χ4n) is 1.97. The zero-order chi connectivity index (χ0) is 13.4. The quantitative estimate of drug-likeness (QED) is 0.737. The number of rotatable bonds is 3. The highest BCUT2D eigenvalue weighted by atomic mass is 32.1. The van der Waals surface area contributed by atoms with Gasteiger partial charge in [0.15, 0.2) is 0 Å². The largest absolute Gasteiger partial charge is 0.309 e. The maximum atomic E-state index is 12.3. The molecule has 0 saturated carbocycles. The van der Waals surface area contributed by atoms with E-state index in [0.29, 0.717) is 12.5 Å². The molecule has 0 spiro atoms. The van der Waals surface area contributed by atoms with Crippen LogP contribution in [0.3, 0.4) is 0 Å². The first-order chi connectivity index (χ1) is 9.15. The van der Waals surface area contributed by atoms with Crippen LogP contribution in [0.15, 0.2) is 33.9 Å². The van der Waals surface area contributed by atoms with Crippen LogP contribution in [0.5, 0.6) is 0 Å². The van der Waals surface area contributed by atoms with E-state index < -0.39 is 0 Å². The Kier molecular flexibility index (Phi) is 3.24. The van der Waals surface area contributed by atoms with Gasteiger partial charge in [0.05, 0.1) is 22.6 Å². The molecule has 0 aliphatic rings. The van der Waals surface area contributed by atoms with Gasteiger partial charge in [0.2, 0.25) is 0 Å². The molecule has 0 atom stereocenters. The molecular weight excluding hydrogens is 276 g/mol. The molecule has 3 aromatic rings. The van der Waals surface area contributed by atoms with Crippen molar-refractivity contribution in [1.29, 1.82) is 0 Å². The normalized spacial score (nSPS) is 11.5. The summed E-state index contributed by atoms with van der Waals surface area (Å²) in [5, 5.41) is 5.92. The first-order valence-electron chi connectivity index (χ1n) is 6.16. The summed E-state index contributed by atoms with van der Waals surface area (Å²) >= 11 is 3.26. The average molecular weight is 290 g/mol. The Labute approximate surface area is 119 Å². The Hall–Kier alpha value is -1.46. The average Bonchev–Trinajstić information content (AvgIpc) is 3.01. The van der Waals surface area contributed by atoms with Gasteiger partial charge in [0.25, 0.3) is 5.56 Å². The molecule has 3 aromatic heterocycles. The third kappa shape index (κ3) is 2.35. The zero-order valence-corrected chi connectivity index (χ0v) is 12.4. The standard InChI is InChI=1S/C14H14N2OS2/c1-9(2)13-15-10(8-19-13)7-16-5-3-12-11(14(16)17)4-6-18-12/h3-6,8-9H,7H2,1-2H3. The van der Waals surface area contributed by atoms with E-state index in [4.69, 9.17) is 0 Å². The van der Waals surface area contributed by atoms with Crippen LogP contribution in [0, 0.1) is 0 Å². The lowest BCUT2D eigenvalue weighted by Crippen LogP contribution is -2.19. The monoisotopic (exact) mass is 290 g/mol. The fourth-order valence-corrected chi connectivity index (χ4v) is 3.56. The number of nitrogens with zero attached hydrogens (tertiary/aromatic N) is 2. The minimum atomic E-state index is 0.0675. The van der Waals surface area contributed by atoms with Crippen LogP contribution in [-0.4, -0.2) is 9.55 Å². The minimum Gasteiger partial charge on any atom is -0.309 e. The number of fused-ring (bicyclic) bond motifs is 1. The first kappa shape index (κ1) is 12.6. The Morgan fingerprint density at radius 1 is 1.32 bits per heavy atom. The summed E-state index contributed by atoms with van der Waals surface area (Å²) in [5.74, 6) is 0.440. The van der Waals surface area contributed by atoms with Gasteiger partial charge in [-0.05, 0) is 17.5 Å². The van der Waals surface area contributed by atoms with Crippen molar-refractivity contribution in [2.75, 3.05) is 0 Å². The Bertz CT molecular complexity index is 767. The summed E-state index contributed by atoms with van der Waals surface area (Å²) in [6.07, 6.45) is 1.86. The van der Waals surface area contributed by atoms with E-state index in [9.17, 15) is 4.79 Å². The lowest BCUT2D eigenvalue weighted by atomic mass is 10.2. The number of hydrogen-bond donors (Lipinski definition) is 0. The number of aromatic nitrogens is 2. The molecule has 0 radical (unpaired) electrons. The van der Waals surface area contributed by atoms with E-state index in [1.54, 1.807) is 27.2 Å². The number of thiazole rings is 1. The molecule has 3 rings (SSSR count). The second-order valence-electron chi connectivity index (χ2n) is 4.78. The van der Waals surface area contributed by atoms with E-state index in [2.05, 4.69) is 18.8 Å². The SMILES string of the molecule is CC(C)c1nc(Cn2ccc3sccc3c2=O)cs1. The highest BCUT2D eigenvalue weighted by molar-refractivity contribution is 7.17. The van der Waals surface area contributed by atoms with Gasteiger partial charge in [-0.25, -0.2) is 4.98 Å². The van der Waals surface area contributed by atoms with Gasteiger partial charge < -0.3 is 4.57 Å². The second kappa shape index (κ2) is 4.90. The van der Waals surface area contributed by atoms with Crippen LogP contribution in [0.2, 0.25) is 0 Å². The molecule has 3 nitrogen and oxygen atoms in total. The van der Waals surface area contributed by atoms with Gasteiger partial charge in [-0.2, -0.15) is 0 Å². The van der Waals surface area contributed by atoms with Crippen molar-refractivity contribution in [3.8, 4) is 0 Å². The summed E-state index contributed by atoms with van der Waals surface area (Å²) in [6.45, 7) is 4.81. The molecule has 0 fully saturated rings. The molecule has 5 heteroatoms. The summed E-state index contributed by atoms with van der Waals surface area (Å²) in [7, 11) is 0. The van der Waals surface area contributed by atoms with Crippen molar-refractivity contribution in [1.82, 2.24) is 9.55 Å². The summed E-state index contributed by atoms with van der Waals surface area (Å²) in [6, 6.07) is 3.89. The highest BCUT2D eigenvalue weighted by Gasteiger charge is 2.08. The third-order valence-electron chi connectivity index (χ3n) is 2.99. The molecule has 0 aromatic carbocycles. The van der Waals surface area contributed by atoms with Crippen LogP contribution in [0.25, 0.3) is 10.1 Å². The number of pyridine rings is 1. The van der Waals surface area contributed by atoms with Crippen LogP contribution in [0.4, 0.5) is 0 Å². The highest BCUT2D eigenvalue weighted by Crippen LogP contribution is 2.20. The van der Waals surface area contributed by atoms with Crippen molar-refractivity contribution < 1.29 is 0 Å². The van der Waals surface area contributed by atoms with Crippen LogP contribution >= 0.6 is 22.7 Å². The molecule has 3 heterocycles. The molecule has 0 bridgehead atoms. The maximum Gasteiger partial charge on any atom is 0.259 e. The number of thiophene rings is 1. The van der Waals surface area contributed by atoms with E-state index in [1.165, 1.54) is 0 Å². The summed E-state index contributed by atoms with van der Waals surface area (Å²) in [4.78, 5) is 16.9. The smallest absolute Gasteiger partial charge is 0.259 e. The van der Waals surface area contributed by atoms with Gasteiger partial charge in [0, 0.05) is 22.2 Å². The number of hydrogen-bond acceptors (Lipinski definition) is 4. The Morgan fingerprint density at radius 2 is 2.16 bits per heavy atom. The van der Waals surface area contributed by atoms with Crippen molar-refractivity contribution in [2.45, 2.75) is 26.3 Å². The first-order valence-corrected chi connectivity index (χ1v) is 7.92.